The lowest BCUT2D eigenvalue weighted by Crippen LogP contribution is -2.29. The van der Waals surface area contributed by atoms with Gasteiger partial charge >= 0.3 is 6.61 Å². The van der Waals surface area contributed by atoms with Crippen molar-refractivity contribution in [3.05, 3.63) is 94.5 Å². The van der Waals surface area contributed by atoms with Crippen LogP contribution in [-0.2, 0) is 4.79 Å². The van der Waals surface area contributed by atoms with Gasteiger partial charge in [0.1, 0.15) is 5.75 Å². The molecule has 0 unspecified atom stereocenters. The van der Waals surface area contributed by atoms with Gasteiger partial charge in [0.25, 0.3) is 11.8 Å². The molecule has 0 spiro atoms. The summed E-state index contributed by atoms with van der Waals surface area (Å²) in [7, 11) is 0. The van der Waals surface area contributed by atoms with Crippen molar-refractivity contribution >= 4 is 46.8 Å². The molecule has 3 aromatic carbocycles. The van der Waals surface area contributed by atoms with Crippen LogP contribution in [0.4, 0.5) is 20.2 Å². The number of carbonyl (C=O) groups is 3. The largest absolute Gasteiger partial charge is 0.434 e. The molecular weight excluding hydrogens is 454 g/mol. The van der Waals surface area contributed by atoms with E-state index in [0.717, 1.165) is 11.0 Å². The number of amides is 3. The molecule has 3 aromatic rings. The molecule has 0 aromatic heterocycles. The Balaban J connectivity index is 1.49. The van der Waals surface area contributed by atoms with Crippen molar-refractivity contribution < 1.29 is 27.9 Å². The van der Waals surface area contributed by atoms with E-state index in [4.69, 9.17) is 11.6 Å². The smallest absolute Gasteiger partial charge is 0.387 e. The minimum Gasteiger partial charge on any atom is -0.434 e. The third-order valence-electron chi connectivity index (χ3n) is 4.80. The lowest BCUT2D eigenvalue weighted by Gasteiger charge is -2.16. The normalized spacial score (nSPS) is 13.0. The van der Waals surface area contributed by atoms with Crippen LogP contribution in [0.2, 0.25) is 5.02 Å². The second-order valence-corrected chi connectivity index (χ2v) is 7.30. The number of anilines is 2. The van der Waals surface area contributed by atoms with Gasteiger partial charge < -0.3 is 10.1 Å². The fourth-order valence-corrected chi connectivity index (χ4v) is 3.61. The Hall–Kier alpha value is -4.04. The molecule has 1 aliphatic heterocycles. The Labute approximate surface area is 192 Å². The second-order valence-electron chi connectivity index (χ2n) is 6.90. The Morgan fingerprint density at radius 1 is 0.970 bits per heavy atom. The molecule has 1 N–H and O–H groups in total. The van der Waals surface area contributed by atoms with Crippen molar-refractivity contribution in [3.8, 4) is 5.75 Å². The molecule has 0 saturated carbocycles. The van der Waals surface area contributed by atoms with Gasteiger partial charge in [0.05, 0.1) is 21.8 Å². The summed E-state index contributed by atoms with van der Waals surface area (Å²) in [6.45, 7) is -2.99. The van der Waals surface area contributed by atoms with E-state index in [1.165, 1.54) is 42.5 Å². The summed E-state index contributed by atoms with van der Waals surface area (Å²) in [4.78, 5) is 38.6. The number of hydrogen-bond donors (Lipinski definition) is 1. The standard InChI is InChI=1S/C24H15ClF2N2O4/c25-18-13-15(28-21(30)12-9-14-5-1-4-8-20(14)33-24(26)27)10-11-19(18)29-22(31)16-6-2-3-7-17(16)23(29)32/h1-13,24H,(H,28,30). The van der Waals surface area contributed by atoms with Crippen molar-refractivity contribution in [2.45, 2.75) is 6.61 Å². The first-order valence-electron chi connectivity index (χ1n) is 9.65. The first-order chi connectivity index (χ1) is 15.8. The first-order valence-corrected chi connectivity index (χ1v) is 10.0. The van der Waals surface area contributed by atoms with Gasteiger partial charge in [0, 0.05) is 17.3 Å². The van der Waals surface area contributed by atoms with E-state index in [1.807, 2.05) is 0 Å². The number of carbonyl (C=O) groups excluding carboxylic acids is 3. The van der Waals surface area contributed by atoms with Crippen LogP contribution in [0.15, 0.2) is 72.8 Å². The van der Waals surface area contributed by atoms with Gasteiger partial charge in [-0.15, -0.1) is 0 Å². The number of rotatable bonds is 6. The van der Waals surface area contributed by atoms with Crippen molar-refractivity contribution in [1.82, 2.24) is 0 Å². The fourth-order valence-electron chi connectivity index (χ4n) is 3.34. The molecule has 0 atom stereocenters. The van der Waals surface area contributed by atoms with Gasteiger partial charge in [-0.05, 0) is 42.5 Å². The first kappa shape index (κ1) is 22.2. The predicted octanol–water partition coefficient (Wildman–Crippen LogP) is 5.39. The SMILES string of the molecule is O=C(C=Cc1ccccc1OC(F)F)Nc1ccc(N2C(=O)c3ccccc3C2=O)c(Cl)c1. The molecule has 0 aliphatic carbocycles. The van der Waals surface area contributed by atoms with Gasteiger partial charge in [-0.25, -0.2) is 4.90 Å². The highest BCUT2D eigenvalue weighted by Gasteiger charge is 2.37. The van der Waals surface area contributed by atoms with E-state index in [-0.39, 0.29) is 27.6 Å². The molecule has 1 heterocycles. The number of para-hydroxylation sites is 1. The molecule has 0 radical (unpaired) electrons. The van der Waals surface area contributed by atoms with Crippen molar-refractivity contribution in [3.63, 3.8) is 0 Å². The van der Waals surface area contributed by atoms with E-state index < -0.39 is 24.3 Å². The summed E-state index contributed by atoms with van der Waals surface area (Å²) in [5, 5.41) is 2.67. The van der Waals surface area contributed by atoms with Crippen LogP contribution in [-0.4, -0.2) is 24.3 Å². The van der Waals surface area contributed by atoms with E-state index in [2.05, 4.69) is 10.1 Å². The van der Waals surface area contributed by atoms with Gasteiger partial charge in [-0.2, -0.15) is 8.78 Å². The minimum absolute atomic E-state index is 0.0649. The Bertz CT molecular complexity index is 1260. The molecule has 6 nitrogen and oxygen atoms in total. The van der Waals surface area contributed by atoms with E-state index >= 15 is 0 Å². The quantitative estimate of drug-likeness (QED) is 0.388. The van der Waals surface area contributed by atoms with Crippen molar-refractivity contribution in [2.24, 2.45) is 0 Å². The number of fused-ring (bicyclic) bond motifs is 1. The number of imide groups is 1. The molecule has 0 bridgehead atoms. The molecule has 9 heteroatoms. The highest BCUT2D eigenvalue weighted by Crippen LogP contribution is 2.34. The average molecular weight is 469 g/mol. The number of nitrogens with zero attached hydrogens (tertiary/aromatic N) is 1. The monoisotopic (exact) mass is 468 g/mol. The van der Waals surface area contributed by atoms with Crippen molar-refractivity contribution in [1.29, 1.82) is 0 Å². The maximum Gasteiger partial charge on any atom is 0.387 e. The number of ether oxygens (including phenoxy) is 1. The third-order valence-corrected chi connectivity index (χ3v) is 5.10. The maximum absolute atomic E-state index is 12.6. The zero-order chi connectivity index (χ0) is 23.5. The summed E-state index contributed by atoms with van der Waals surface area (Å²) in [6.07, 6.45) is 2.49. The number of halogens is 3. The molecule has 0 fully saturated rings. The van der Waals surface area contributed by atoms with Crippen LogP contribution >= 0.6 is 11.6 Å². The van der Waals surface area contributed by atoms with E-state index in [9.17, 15) is 23.2 Å². The summed E-state index contributed by atoms with van der Waals surface area (Å²) in [5.41, 5.74) is 1.38. The zero-order valence-electron chi connectivity index (χ0n) is 16.8. The van der Waals surface area contributed by atoms with Crippen LogP contribution < -0.4 is 15.0 Å². The predicted molar refractivity (Wildman–Crippen MR) is 120 cm³/mol. The number of nitrogens with one attached hydrogen (secondary N) is 1. The average Bonchev–Trinajstić information content (AvgIpc) is 3.03. The summed E-state index contributed by atoms with van der Waals surface area (Å²) >= 11 is 6.31. The van der Waals surface area contributed by atoms with Gasteiger partial charge in [-0.1, -0.05) is 41.9 Å². The highest BCUT2D eigenvalue weighted by atomic mass is 35.5. The Kier molecular flexibility index (Phi) is 6.19. The number of alkyl halides is 2. The molecule has 1 aliphatic rings. The molecule has 166 valence electrons. The van der Waals surface area contributed by atoms with Gasteiger partial charge in [0.2, 0.25) is 5.91 Å². The van der Waals surface area contributed by atoms with Gasteiger partial charge in [-0.3, -0.25) is 14.4 Å². The van der Waals surface area contributed by atoms with E-state index in [1.54, 1.807) is 30.3 Å². The maximum atomic E-state index is 12.6. The van der Waals surface area contributed by atoms with E-state index in [0.29, 0.717) is 11.3 Å². The lowest BCUT2D eigenvalue weighted by atomic mass is 10.1. The Morgan fingerprint density at radius 3 is 2.24 bits per heavy atom. The highest BCUT2D eigenvalue weighted by molar-refractivity contribution is 6.40. The summed E-state index contributed by atoms with van der Waals surface area (Å²) in [6, 6.07) is 16.8. The lowest BCUT2D eigenvalue weighted by molar-refractivity contribution is -0.111. The third kappa shape index (κ3) is 4.61. The molecule has 4 rings (SSSR count). The minimum atomic E-state index is -2.99. The topological polar surface area (TPSA) is 75.7 Å². The van der Waals surface area contributed by atoms with Crippen LogP contribution in [0, 0.1) is 0 Å². The molecule has 0 saturated heterocycles. The zero-order valence-corrected chi connectivity index (χ0v) is 17.6. The molecule has 3 amide bonds. The summed E-state index contributed by atoms with van der Waals surface area (Å²) in [5.74, 6) is -1.58. The molecule has 33 heavy (non-hydrogen) atoms. The fraction of sp³-hybridized carbons (Fsp3) is 0.0417. The Morgan fingerprint density at radius 2 is 1.61 bits per heavy atom. The van der Waals surface area contributed by atoms with Crippen LogP contribution in [0.25, 0.3) is 6.08 Å². The van der Waals surface area contributed by atoms with Crippen LogP contribution in [0.1, 0.15) is 26.3 Å². The van der Waals surface area contributed by atoms with Gasteiger partial charge in [0.15, 0.2) is 0 Å². The summed E-state index contributed by atoms with van der Waals surface area (Å²) < 4.78 is 29.4. The van der Waals surface area contributed by atoms with Crippen LogP contribution in [0.3, 0.4) is 0 Å². The second kappa shape index (κ2) is 9.22. The molecular formula is C24H15ClF2N2O4. The number of benzene rings is 3. The van der Waals surface area contributed by atoms with Crippen molar-refractivity contribution in [2.75, 3.05) is 10.2 Å². The van der Waals surface area contributed by atoms with Crippen LogP contribution in [0.5, 0.6) is 5.75 Å². The number of hydrogen-bond acceptors (Lipinski definition) is 4.